The molecule has 7 nitrogen and oxygen atoms in total. The van der Waals surface area contributed by atoms with Crippen molar-refractivity contribution in [3.05, 3.63) is 59.6 Å². The Bertz CT molecular complexity index is 887. The summed E-state index contributed by atoms with van der Waals surface area (Å²) in [6, 6.07) is 10.2. The largest absolute Gasteiger partial charge is 0.362 e. The number of nitrogens with one attached hydrogen (secondary N) is 1. The summed E-state index contributed by atoms with van der Waals surface area (Å²) in [5, 5.41) is 5.21. The second-order valence-electron chi connectivity index (χ2n) is 7.60. The van der Waals surface area contributed by atoms with Gasteiger partial charge in [0.15, 0.2) is 10.7 Å². The standard InChI is InChI=1S/C22H26N4O3S/c27-19(24-21-23-10-15-30-21)16-25-13-14-29-22(17-25)9-4-5-11-26(20(22)28)12-8-18-6-2-1-3-7-18/h1-7,10,15H,8-9,11-14,16-17H2,(H,23,24,27). The van der Waals surface area contributed by atoms with Crippen molar-refractivity contribution in [2.24, 2.45) is 0 Å². The van der Waals surface area contributed by atoms with E-state index in [1.54, 1.807) is 6.20 Å². The Morgan fingerprint density at radius 3 is 2.93 bits per heavy atom. The Balaban J connectivity index is 1.40. The summed E-state index contributed by atoms with van der Waals surface area (Å²) < 4.78 is 6.07. The molecule has 1 N–H and O–H groups in total. The fraction of sp³-hybridized carbons (Fsp3) is 0.409. The van der Waals surface area contributed by atoms with E-state index < -0.39 is 5.60 Å². The van der Waals surface area contributed by atoms with Gasteiger partial charge in [0.2, 0.25) is 5.91 Å². The Labute approximate surface area is 180 Å². The smallest absolute Gasteiger partial charge is 0.256 e. The Morgan fingerprint density at radius 2 is 2.13 bits per heavy atom. The molecule has 1 aromatic heterocycles. The molecule has 1 saturated heterocycles. The van der Waals surface area contributed by atoms with Crippen LogP contribution in [0.4, 0.5) is 5.13 Å². The lowest BCUT2D eigenvalue weighted by Crippen LogP contribution is -2.61. The number of carbonyl (C=O) groups excluding carboxylic acids is 2. The van der Waals surface area contributed by atoms with Crippen molar-refractivity contribution in [2.75, 3.05) is 44.6 Å². The summed E-state index contributed by atoms with van der Waals surface area (Å²) in [5.41, 5.74) is 0.279. The Morgan fingerprint density at radius 1 is 1.27 bits per heavy atom. The van der Waals surface area contributed by atoms with Crippen LogP contribution >= 0.6 is 11.3 Å². The number of aromatic nitrogens is 1. The van der Waals surface area contributed by atoms with Gasteiger partial charge in [0.05, 0.1) is 13.2 Å². The van der Waals surface area contributed by atoms with Crippen LogP contribution in [0.25, 0.3) is 0 Å². The summed E-state index contributed by atoms with van der Waals surface area (Å²) in [7, 11) is 0. The summed E-state index contributed by atoms with van der Waals surface area (Å²) in [5.74, 6) is -0.118. The van der Waals surface area contributed by atoms with E-state index in [4.69, 9.17) is 4.74 Å². The van der Waals surface area contributed by atoms with Crippen molar-refractivity contribution < 1.29 is 14.3 Å². The minimum atomic E-state index is -0.927. The molecule has 2 amide bonds. The average Bonchev–Trinajstić information content (AvgIpc) is 3.21. The van der Waals surface area contributed by atoms with Crippen LogP contribution < -0.4 is 5.32 Å². The molecule has 1 spiro atoms. The molecule has 1 fully saturated rings. The van der Waals surface area contributed by atoms with E-state index in [9.17, 15) is 9.59 Å². The van der Waals surface area contributed by atoms with Gasteiger partial charge >= 0.3 is 0 Å². The normalized spacial score (nSPS) is 22.3. The van der Waals surface area contributed by atoms with Crippen molar-refractivity contribution in [2.45, 2.75) is 18.4 Å². The number of amides is 2. The topological polar surface area (TPSA) is 74.8 Å². The maximum atomic E-state index is 13.5. The zero-order chi connectivity index (χ0) is 20.8. The number of carbonyl (C=O) groups is 2. The van der Waals surface area contributed by atoms with Crippen LogP contribution in [-0.2, 0) is 20.7 Å². The molecule has 158 valence electrons. The average molecular weight is 427 g/mol. The van der Waals surface area contributed by atoms with Gasteiger partial charge in [-0.15, -0.1) is 11.3 Å². The minimum Gasteiger partial charge on any atom is -0.362 e. The fourth-order valence-electron chi connectivity index (χ4n) is 3.93. The second kappa shape index (κ2) is 9.51. The van der Waals surface area contributed by atoms with Gasteiger partial charge in [0.25, 0.3) is 5.91 Å². The predicted octanol–water partition coefficient (Wildman–Crippen LogP) is 2.18. The maximum Gasteiger partial charge on any atom is 0.256 e. The van der Waals surface area contributed by atoms with Gasteiger partial charge in [-0.25, -0.2) is 4.98 Å². The van der Waals surface area contributed by atoms with Gasteiger partial charge in [-0.3, -0.25) is 14.5 Å². The molecule has 2 aliphatic rings. The van der Waals surface area contributed by atoms with E-state index in [0.29, 0.717) is 44.3 Å². The van der Waals surface area contributed by atoms with Gasteiger partial charge in [0.1, 0.15) is 0 Å². The molecule has 0 saturated carbocycles. The SMILES string of the molecule is O=C(CN1CCOC2(CC=CCN(CCc3ccccc3)C2=O)C1)Nc1nccs1. The zero-order valence-corrected chi connectivity index (χ0v) is 17.6. The predicted molar refractivity (Wildman–Crippen MR) is 116 cm³/mol. The molecule has 0 radical (unpaired) electrons. The Kier molecular flexibility index (Phi) is 6.56. The molecule has 2 aromatic rings. The number of thiazole rings is 1. The fourth-order valence-corrected chi connectivity index (χ4v) is 4.47. The number of anilines is 1. The van der Waals surface area contributed by atoms with Crippen molar-refractivity contribution in [1.82, 2.24) is 14.8 Å². The molecule has 3 heterocycles. The summed E-state index contributed by atoms with van der Waals surface area (Å²) in [4.78, 5) is 33.8. The van der Waals surface area contributed by atoms with Crippen molar-refractivity contribution in [3.8, 4) is 0 Å². The number of ether oxygens (including phenoxy) is 1. The molecule has 1 atom stereocenters. The molecule has 1 unspecified atom stereocenters. The first-order chi connectivity index (χ1) is 14.6. The lowest BCUT2D eigenvalue weighted by Gasteiger charge is -2.42. The van der Waals surface area contributed by atoms with E-state index in [1.165, 1.54) is 16.9 Å². The number of nitrogens with zero attached hydrogens (tertiary/aromatic N) is 3. The number of hydrogen-bond acceptors (Lipinski definition) is 6. The van der Waals surface area contributed by atoms with Crippen molar-refractivity contribution in [1.29, 1.82) is 0 Å². The highest BCUT2D eigenvalue weighted by atomic mass is 32.1. The monoisotopic (exact) mass is 426 g/mol. The van der Waals surface area contributed by atoms with Crippen LogP contribution in [-0.4, -0.2) is 71.5 Å². The number of morpholine rings is 1. The Hall–Kier alpha value is -2.55. The highest BCUT2D eigenvalue weighted by Gasteiger charge is 2.46. The third-order valence-electron chi connectivity index (χ3n) is 5.44. The van der Waals surface area contributed by atoms with Crippen LogP contribution in [0.5, 0.6) is 0 Å². The van der Waals surface area contributed by atoms with E-state index in [1.807, 2.05) is 45.5 Å². The maximum absolute atomic E-state index is 13.5. The number of rotatable bonds is 6. The molecular weight excluding hydrogens is 400 g/mol. The molecule has 2 aliphatic heterocycles. The van der Waals surface area contributed by atoms with Crippen LogP contribution in [0.3, 0.4) is 0 Å². The van der Waals surface area contributed by atoms with Gasteiger partial charge < -0.3 is 15.0 Å². The van der Waals surface area contributed by atoms with Gasteiger partial charge in [0, 0.05) is 44.2 Å². The third-order valence-corrected chi connectivity index (χ3v) is 6.13. The van der Waals surface area contributed by atoms with Crippen LogP contribution in [0.1, 0.15) is 12.0 Å². The van der Waals surface area contributed by atoms with E-state index >= 15 is 0 Å². The number of hydrogen-bond donors (Lipinski definition) is 1. The molecule has 0 aliphatic carbocycles. The quantitative estimate of drug-likeness (QED) is 0.717. The minimum absolute atomic E-state index is 0.00784. The van der Waals surface area contributed by atoms with Crippen LogP contribution in [0.15, 0.2) is 54.1 Å². The van der Waals surface area contributed by atoms with E-state index in [-0.39, 0.29) is 18.4 Å². The molecule has 0 bridgehead atoms. The summed E-state index contributed by atoms with van der Waals surface area (Å²) in [6.45, 7) is 2.89. The van der Waals surface area contributed by atoms with Gasteiger partial charge in [-0.2, -0.15) is 0 Å². The molecule has 1 aromatic carbocycles. The molecule has 8 heteroatoms. The van der Waals surface area contributed by atoms with E-state index in [0.717, 1.165) is 6.42 Å². The summed E-state index contributed by atoms with van der Waals surface area (Å²) >= 11 is 1.39. The van der Waals surface area contributed by atoms with Gasteiger partial charge in [-0.1, -0.05) is 42.5 Å². The molecule has 4 rings (SSSR count). The third kappa shape index (κ3) is 4.95. The first-order valence-electron chi connectivity index (χ1n) is 10.2. The molecule has 30 heavy (non-hydrogen) atoms. The number of benzene rings is 1. The first kappa shape index (κ1) is 20.7. The zero-order valence-electron chi connectivity index (χ0n) is 16.8. The van der Waals surface area contributed by atoms with Crippen molar-refractivity contribution >= 4 is 28.3 Å². The lowest BCUT2D eigenvalue weighted by atomic mass is 9.95. The lowest BCUT2D eigenvalue weighted by molar-refractivity contribution is -0.170. The van der Waals surface area contributed by atoms with Crippen LogP contribution in [0, 0.1) is 0 Å². The van der Waals surface area contributed by atoms with Crippen molar-refractivity contribution in [3.63, 3.8) is 0 Å². The summed E-state index contributed by atoms with van der Waals surface area (Å²) in [6.07, 6.45) is 7.05. The van der Waals surface area contributed by atoms with E-state index in [2.05, 4.69) is 22.4 Å². The highest BCUT2D eigenvalue weighted by Crippen LogP contribution is 2.27. The highest BCUT2D eigenvalue weighted by molar-refractivity contribution is 7.13. The van der Waals surface area contributed by atoms with Gasteiger partial charge in [-0.05, 0) is 12.0 Å². The van der Waals surface area contributed by atoms with Crippen LogP contribution in [0.2, 0.25) is 0 Å². The second-order valence-corrected chi connectivity index (χ2v) is 8.50. The first-order valence-corrected chi connectivity index (χ1v) is 11.1. The molecular formula is C22H26N4O3S.